The molecule has 0 saturated heterocycles. The van der Waals surface area contributed by atoms with Gasteiger partial charge in [0.15, 0.2) is 0 Å². The third-order valence-electron chi connectivity index (χ3n) is 4.53. The second-order valence-electron chi connectivity index (χ2n) is 6.40. The van der Waals surface area contributed by atoms with Crippen molar-refractivity contribution >= 4 is 11.7 Å². The van der Waals surface area contributed by atoms with Gasteiger partial charge in [0.2, 0.25) is 5.91 Å². The van der Waals surface area contributed by atoms with Gasteiger partial charge in [-0.1, -0.05) is 6.07 Å². The Morgan fingerprint density at radius 3 is 2.84 bits per heavy atom. The lowest BCUT2D eigenvalue weighted by atomic mass is 10.1. The van der Waals surface area contributed by atoms with Crippen molar-refractivity contribution < 1.29 is 4.79 Å². The molecule has 0 atom stereocenters. The predicted molar refractivity (Wildman–Crippen MR) is 97.5 cm³/mol. The average molecular weight is 339 g/mol. The zero-order chi connectivity index (χ0) is 17.6. The minimum Gasteiger partial charge on any atom is -0.370 e. The van der Waals surface area contributed by atoms with Gasteiger partial charge in [0.1, 0.15) is 11.6 Å². The van der Waals surface area contributed by atoms with Crippen molar-refractivity contribution in [3.8, 4) is 0 Å². The summed E-state index contributed by atoms with van der Waals surface area (Å²) in [6, 6.07) is 6.01. The quantitative estimate of drug-likeness (QED) is 0.846. The molecule has 1 N–H and O–H groups in total. The highest BCUT2D eigenvalue weighted by Gasteiger charge is 2.20. The largest absolute Gasteiger partial charge is 0.370 e. The van der Waals surface area contributed by atoms with E-state index in [1.54, 1.807) is 6.92 Å². The third-order valence-corrected chi connectivity index (χ3v) is 4.53. The van der Waals surface area contributed by atoms with Crippen LogP contribution >= 0.6 is 0 Å². The lowest BCUT2D eigenvalue weighted by molar-refractivity contribution is -0.128. The molecule has 0 unspecified atom stereocenters. The number of nitrogens with zero attached hydrogens (tertiary/aromatic N) is 4. The molecule has 2 aromatic rings. The molecule has 2 aromatic heterocycles. The molecule has 1 aliphatic heterocycles. The summed E-state index contributed by atoms with van der Waals surface area (Å²) in [5.74, 6) is 1.83. The van der Waals surface area contributed by atoms with Gasteiger partial charge in [-0.15, -0.1) is 0 Å². The van der Waals surface area contributed by atoms with E-state index in [9.17, 15) is 4.79 Å². The molecule has 0 bridgehead atoms. The van der Waals surface area contributed by atoms with Crippen molar-refractivity contribution in [2.75, 3.05) is 25.0 Å². The summed E-state index contributed by atoms with van der Waals surface area (Å²) < 4.78 is 0. The maximum atomic E-state index is 11.7. The summed E-state index contributed by atoms with van der Waals surface area (Å²) >= 11 is 0. The number of aromatic nitrogens is 3. The normalized spacial score (nSPS) is 13.9. The molecule has 1 amide bonds. The van der Waals surface area contributed by atoms with E-state index in [0.717, 1.165) is 73.9 Å². The zero-order valence-electron chi connectivity index (χ0n) is 15.0. The van der Waals surface area contributed by atoms with Gasteiger partial charge in [-0.25, -0.2) is 9.97 Å². The third kappa shape index (κ3) is 4.53. The Morgan fingerprint density at radius 1 is 1.24 bits per heavy atom. The van der Waals surface area contributed by atoms with Gasteiger partial charge in [-0.05, 0) is 38.3 Å². The van der Waals surface area contributed by atoms with Gasteiger partial charge >= 0.3 is 0 Å². The zero-order valence-corrected chi connectivity index (χ0v) is 15.0. The van der Waals surface area contributed by atoms with Gasteiger partial charge in [-0.3, -0.25) is 9.78 Å². The number of carbonyl (C=O) groups is 1. The van der Waals surface area contributed by atoms with E-state index < -0.39 is 0 Å². The van der Waals surface area contributed by atoms with Crippen molar-refractivity contribution in [1.82, 2.24) is 19.9 Å². The summed E-state index contributed by atoms with van der Waals surface area (Å²) in [6.07, 6.45) is 5.36. The van der Waals surface area contributed by atoms with E-state index in [1.807, 2.05) is 30.2 Å². The van der Waals surface area contributed by atoms with Gasteiger partial charge in [-0.2, -0.15) is 0 Å². The van der Waals surface area contributed by atoms with E-state index in [-0.39, 0.29) is 5.91 Å². The summed E-state index contributed by atoms with van der Waals surface area (Å²) in [7, 11) is 0. The first-order chi connectivity index (χ1) is 12.1. The van der Waals surface area contributed by atoms with Crippen molar-refractivity contribution in [3.05, 3.63) is 47.2 Å². The van der Waals surface area contributed by atoms with Gasteiger partial charge in [0.05, 0.1) is 5.69 Å². The Morgan fingerprint density at radius 2 is 2.08 bits per heavy atom. The molecule has 1 aliphatic rings. The lowest BCUT2D eigenvalue weighted by Gasteiger charge is -2.17. The second kappa shape index (κ2) is 8.05. The predicted octanol–water partition coefficient (Wildman–Crippen LogP) is 2.17. The maximum absolute atomic E-state index is 11.7. The van der Waals surface area contributed by atoms with Crippen LogP contribution in [0.25, 0.3) is 0 Å². The van der Waals surface area contributed by atoms with E-state index in [2.05, 4.69) is 26.3 Å². The maximum Gasteiger partial charge on any atom is 0.219 e. The molecule has 3 heterocycles. The van der Waals surface area contributed by atoms with Crippen LogP contribution in [-0.4, -0.2) is 45.4 Å². The van der Waals surface area contributed by atoms with E-state index >= 15 is 0 Å². The monoisotopic (exact) mass is 339 g/mol. The molecule has 0 saturated carbocycles. The molecule has 3 rings (SSSR count). The highest BCUT2D eigenvalue weighted by molar-refractivity contribution is 5.73. The first kappa shape index (κ1) is 17.3. The Hall–Kier alpha value is -2.50. The lowest BCUT2D eigenvalue weighted by Crippen LogP contribution is -2.31. The fourth-order valence-corrected chi connectivity index (χ4v) is 3.21. The first-order valence-corrected chi connectivity index (χ1v) is 8.89. The number of aryl methyl sites for hydroxylation is 2. The van der Waals surface area contributed by atoms with Crippen molar-refractivity contribution in [2.24, 2.45) is 0 Å². The number of nitrogens with one attached hydrogen (secondary N) is 1. The average Bonchev–Trinajstić information content (AvgIpc) is 2.82. The minimum atomic E-state index is 0.127. The number of amides is 1. The molecule has 6 heteroatoms. The van der Waals surface area contributed by atoms with Crippen LogP contribution < -0.4 is 5.32 Å². The van der Waals surface area contributed by atoms with Crippen molar-refractivity contribution in [1.29, 1.82) is 0 Å². The smallest absolute Gasteiger partial charge is 0.219 e. The summed E-state index contributed by atoms with van der Waals surface area (Å²) in [4.78, 5) is 27.1. The summed E-state index contributed by atoms with van der Waals surface area (Å²) in [5, 5.41) is 3.47. The fourth-order valence-electron chi connectivity index (χ4n) is 3.21. The van der Waals surface area contributed by atoms with Crippen LogP contribution in [0.15, 0.2) is 24.4 Å². The van der Waals surface area contributed by atoms with Crippen LogP contribution in [0.2, 0.25) is 0 Å². The molecule has 0 radical (unpaired) electrons. The summed E-state index contributed by atoms with van der Waals surface area (Å²) in [5.41, 5.74) is 3.34. The van der Waals surface area contributed by atoms with Crippen LogP contribution in [0.5, 0.6) is 0 Å². The van der Waals surface area contributed by atoms with Crippen molar-refractivity contribution in [2.45, 2.75) is 39.5 Å². The number of anilines is 1. The first-order valence-electron chi connectivity index (χ1n) is 8.89. The Bertz CT molecular complexity index is 732. The standard InChI is InChI=1S/C19H25N5O/c1-14-22-18-9-13-24(15(2)25)12-8-17(18)19(23-14)21-11-5-7-16-6-3-4-10-20-16/h3-4,6,10H,5,7-9,11-13H2,1-2H3,(H,21,22,23). The van der Waals surface area contributed by atoms with Crippen molar-refractivity contribution in [3.63, 3.8) is 0 Å². The van der Waals surface area contributed by atoms with Gasteiger partial charge in [0, 0.05) is 50.4 Å². The van der Waals surface area contributed by atoms with E-state index in [4.69, 9.17) is 0 Å². The number of hydrogen-bond donors (Lipinski definition) is 1. The molecule has 132 valence electrons. The SMILES string of the molecule is CC(=O)N1CCc2nc(C)nc(NCCCc3ccccn3)c2CC1. The molecule has 0 aromatic carbocycles. The highest BCUT2D eigenvalue weighted by Crippen LogP contribution is 2.21. The van der Waals surface area contributed by atoms with Crippen LogP contribution in [0, 0.1) is 6.92 Å². The Kier molecular flexibility index (Phi) is 5.58. The molecule has 6 nitrogen and oxygen atoms in total. The van der Waals surface area contributed by atoms with Crippen LogP contribution in [0.1, 0.15) is 36.1 Å². The molecular formula is C19H25N5O. The molecular weight excluding hydrogens is 314 g/mol. The Labute approximate surface area is 148 Å². The number of hydrogen-bond acceptors (Lipinski definition) is 5. The Balaban J connectivity index is 1.64. The second-order valence-corrected chi connectivity index (χ2v) is 6.40. The molecule has 0 aliphatic carbocycles. The molecule has 25 heavy (non-hydrogen) atoms. The molecule has 0 spiro atoms. The molecule has 0 fully saturated rings. The highest BCUT2D eigenvalue weighted by atomic mass is 16.2. The van der Waals surface area contributed by atoms with Gasteiger partial charge in [0.25, 0.3) is 0 Å². The van der Waals surface area contributed by atoms with Crippen LogP contribution in [0.4, 0.5) is 5.82 Å². The van der Waals surface area contributed by atoms with E-state index in [1.165, 1.54) is 0 Å². The fraction of sp³-hybridized carbons (Fsp3) is 0.474. The number of rotatable bonds is 5. The topological polar surface area (TPSA) is 71.0 Å². The van der Waals surface area contributed by atoms with Crippen LogP contribution in [0.3, 0.4) is 0 Å². The van der Waals surface area contributed by atoms with E-state index in [0.29, 0.717) is 0 Å². The number of carbonyl (C=O) groups excluding carboxylic acids is 1. The summed E-state index contributed by atoms with van der Waals surface area (Å²) in [6.45, 7) is 5.86. The number of pyridine rings is 1. The van der Waals surface area contributed by atoms with Crippen LogP contribution in [-0.2, 0) is 24.1 Å². The minimum absolute atomic E-state index is 0.127. The number of fused-ring (bicyclic) bond motifs is 1. The van der Waals surface area contributed by atoms with Gasteiger partial charge < -0.3 is 10.2 Å².